The molecule has 0 unspecified atom stereocenters. The molecule has 0 saturated heterocycles. The van der Waals surface area contributed by atoms with Crippen LogP contribution in [0.25, 0.3) is 0 Å². The quantitative estimate of drug-likeness (QED) is 0.202. The SMILES string of the molecule is C/C=C/[CH2][Sb]([CH2]CCC)([CH2]CCC)([CH2]CCC)[CH2]CCC. The van der Waals surface area contributed by atoms with Gasteiger partial charge < -0.3 is 0 Å². The maximum atomic E-state index is 2.57. The van der Waals surface area contributed by atoms with E-state index in [4.69, 9.17) is 0 Å². The molecule has 0 bridgehead atoms. The molecule has 0 spiro atoms. The van der Waals surface area contributed by atoms with E-state index in [-0.39, 0.29) is 0 Å². The van der Waals surface area contributed by atoms with Crippen LogP contribution in [0.15, 0.2) is 12.2 Å². The van der Waals surface area contributed by atoms with Crippen molar-refractivity contribution in [2.45, 2.75) is 108 Å². The van der Waals surface area contributed by atoms with Gasteiger partial charge in [-0.15, -0.1) is 0 Å². The molecule has 0 aromatic heterocycles. The molecule has 0 nitrogen and oxygen atoms in total. The molecule has 0 amide bonds. The van der Waals surface area contributed by atoms with Gasteiger partial charge in [-0.2, -0.15) is 0 Å². The first-order valence-corrected chi connectivity index (χ1v) is 18.8. The van der Waals surface area contributed by atoms with Crippen LogP contribution in [0.4, 0.5) is 0 Å². The predicted molar refractivity (Wildman–Crippen MR) is 104 cm³/mol. The molecule has 0 N–H and O–H groups in total. The number of hydrogen-bond acceptors (Lipinski definition) is 0. The molecule has 21 heavy (non-hydrogen) atoms. The third kappa shape index (κ3) is 7.58. The third-order valence-corrected chi connectivity index (χ3v) is 27.0. The van der Waals surface area contributed by atoms with Gasteiger partial charge in [0.15, 0.2) is 0 Å². The summed E-state index contributed by atoms with van der Waals surface area (Å²) in [6.07, 6.45) is 16.5. The van der Waals surface area contributed by atoms with Gasteiger partial charge in [0, 0.05) is 0 Å². The molecule has 0 aliphatic carbocycles. The van der Waals surface area contributed by atoms with Crippen LogP contribution in [0.1, 0.15) is 86.0 Å². The van der Waals surface area contributed by atoms with E-state index < -0.39 is 17.4 Å². The van der Waals surface area contributed by atoms with Crippen molar-refractivity contribution >= 4 is 17.4 Å². The minimum atomic E-state index is -2.47. The van der Waals surface area contributed by atoms with Gasteiger partial charge in [-0.25, -0.2) is 0 Å². The second kappa shape index (κ2) is 12.0. The summed E-state index contributed by atoms with van der Waals surface area (Å²) in [4.78, 5) is 0. The van der Waals surface area contributed by atoms with Gasteiger partial charge >= 0.3 is 137 Å². The Kier molecular flexibility index (Phi) is 12.4. The Morgan fingerprint density at radius 1 is 0.619 bits per heavy atom. The normalized spacial score (nSPS) is 14.4. The van der Waals surface area contributed by atoms with E-state index >= 15 is 0 Å². The number of unbranched alkanes of at least 4 members (excludes halogenated alkanes) is 4. The Hall–Kier alpha value is 0.558. The van der Waals surface area contributed by atoms with Crippen molar-refractivity contribution in [1.82, 2.24) is 0 Å². The zero-order chi connectivity index (χ0) is 16.1. The Morgan fingerprint density at radius 2 is 0.952 bits per heavy atom. The molecule has 0 aliphatic rings. The van der Waals surface area contributed by atoms with Crippen molar-refractivity contribution in [2.24, 2.45) is 0 Å². The van der Waals surface area contributed by atoms with E-state index in [9.17, 15) is 0 Å². The Balaban J connectivity index is 5.44. The monoisotopic (exact) mass is 404 g/mol. The summed E-state index contributed by atoms with van der Waals surface area (Å²) in [6.45, 7) is 11.8. The second-order valence-electron chi connectivity index (χ2n) is 7.30. The van der Waals surface area contributed by atoms with Crippen LogP contribution in [-0.4, -0.2) is 17.4 Å². The van der Waals surface area contributed by atoms with Crippen molar-refractivity contribution in [3.8, 4) is 0 Å². The molecule has 0 saturated carbocycles. The Labute approximate surface area is 137 Å². The van der Waals surface area contributed by atoms with Crippen molar-refractivity contribution < 1.29 is 0 Å². The van der Waals surface area contributed by atoms with Crippen LogP contribution < -0.4 is 0 Å². The molecule has 0 aliphatic heterocycles. The fourth-order valence-electron chi connectivity index (χ4n) is 3.86. The predicted octanol–water partition coefficient (Wildman–Crippen LogP) is 8.17. The van der Waals surface area contributed by atoms with Gasteiger partial charge in [-0.05, 0) is 0 Å². The average molecular weight is 405 g/mol. The van der Waals surface area contributed by atoms with Crippen LogP contribution >= 0.6 is 0 Å². The summed E-state index contributed by atoms with van der Waals surface area (Å²) >= 11 is -2.47. The van der Waals surface area contributed by atoms with Crippen LogP contribution in [0.5, 0.6) is 0 Å². The van der Waals surface area contributed by atoms with Crippen LogP contribution in [-0.2, 0) is 0 Å². The van der Waals surface area contributed by atoms with Crippen LogP contribution in [0.3, 0.4) is 0 Å². The average Bonchev–Trinajstić information content (AvgIpc) is 2.53. The van der Waals surface area contributed by atoms with Gasteiger partial charge in [0.25, 0.3) is 0 Å². The summed E-state index contributed by atoms with van der Waals surface area (Å²) in [5, 5.41) is 0. The fraction of sp³-hybridized carbons (Fsp3) is 0.900. The maximum absolute atomic E-state index is 2.57. The van der Waals surface area contributed by atoms with Crippen molar-refractivity contribution in [1.29, 1.82) is 0 Å². The minimum absolute atomic E-state index is 1.39. The van der Waals surface area contributed by atoms with Gasteiger partial charge in [0.2, 0.25) is 0 Å². The fourth-order valence-corrected chi connectivity index (χ4v) is 25.9. The number of allylic oxidation sites excluding steroid dienone is 2. The molecule has 0 fully saturated rings. The molecule has 0 aromatic carbocycles. The zero-order valence-corrected chi connectivity index (χ0v) is 18.3. The van der Waals surface area contributed by atoms with E-state index in [0.29, 0.717) is 0 Å². The first kappa shape index (κ1) is 21.6. The molecule has 0 atom stereocenters. The summed E-state index contributed by atoms with van der Waals surface area (Å²) in [5.41, 5.74) is 0. The van der Waals surface area contributed by atoms with E-state index in [1.165, 1.54) is 55.7 Å². The van der Waals surface area contributed by atoms with Gasteiger partial charge in [0.1, 0.15) is 0 Å². The standard InChI is InChI=1S/4C4H9.C4H7.Sb/c5*1-3-4-2;/h4*1,3-4H2,2H3;3-4H,1H2,2H3;/b;;;;4-3+;. The Bertz CT molecular complexity index is 224. The molecular weight excluding hydrogens is 362 g/mol. The van der Waals surface area contributed by atoms with Crippen molar-refractivity contribution in [3.63, 3.8) is 0 Å². The van der Waals surface area contributed by atoms with Crippen molar-refractivity contribution in [3.05, 3.63) is 12.2 Å². The van der Waals surface area contributed by atoms with Crippen LogP contribution in [0, 0.1) is 0 Å². The molecule has 0 heterocycles. The van der Waals surface area contributed by atoms with E-state index in [2.05, 4.69) is 46.8 Å². The molecule has 0 aromatic rings. The first-order chi connectivity index (χ1) is 10.1. The van der Waals surface area contributed by atoms with Gasteiger partial charge in [0.05, 0.1) is 0 Å². The number of hydrogen-bond donors (Lipinski definition) is 0. The zero-order valence-electron chi connectivity index (χ0n) is 15.8. The topological polar surface area (TPSA) is 0 Å². The Morgan fingerprint density at radius 3 is 1.19 bits per heavy atom. The second-order valence-corrected chi connectivity index (χ2v) is 26.2. The summed E-state index contributed by atoms with van der Waals surface area (Å²) in [6, 6.07) is 0. The third-order valence-electron chi connectivity index (χ3n) is 5.43. The van der Waals surface area contributed by atoms with Gasteiger partial charge in [-0.3, -0.25) is 0 Å². The van der Waals surface area contributed by atoms with Crippen molar-refractivity contribution in [2.75, 3.05) is 0 Å². The summed E-state index contributed by atoms with van der Waals surface area (Å²) in [7, 11) is 0. The number of rotatable bonds is 14. The summed E-state index contributed by atoms with van der Waals surface area (Å²) < 4.78 is 8.11. The van der Waals surface area contributed by atoms with E-state index in [1.807, 2.05) is 0 Å². The molecule has 0 radical (unpaired) electrons. The van der Waals surface area contributed by atoms with Gasteiger partial charge in [-0.1, -0.05) is 0 Å². The molecule has 1 heteroatoms. The first-order valence-electron chi connectivity index (χ1n) is 9.73. The van der Waals surface area contributed by atoms with E-state index in [0.717, 1.165) is 0 Å². The molecule has 0 rings (SSSR count). The van der Waals surface area contributed by atoms with E-state index in [1.54, 1.807) is 17.5 Å². The summed E-state index contributed by atoms with van der Waals surface area (Å²) in [5.74, 6) is 0. The molecular formula is C20H43Sb. The van der Waals surface area contributed by atoms with Crippen LogP contribution in [0.2, 0.25) is 21.8 Å². The molecule has 128 valence electrons.